The molecule has 2 aliphatic heterocycles. The van der Waals surface area contributed by atoms with Crippen LogP contribution in [0.15, 0.2) is 35.9 Å². The average Bonchev–Trinajstić information content (AvgIpc) is 2.65. The maximum atomic E-state index is 13.2. The van der Waals surface area contributed by atoms with Crippen LogP contribution in [-0.2, 0) is 14.3 Å². The molecule has 1 aromatic rings. The minimum Gasteiger partial charge on any atom is -0.444 e. The van der Waals surface area contributed by atoms with Gasteiger partial charge >= 0.3 is 6.09 Å². The number of nitrogens with one attached hydrogen (secondary N) is 1. The van der Waals surface area contributed by atoms with Crippen LogP contribution < -0.4 is 10.2 Å². The number of thiocarbonyl (C=S) groups is 1. The van der Waals surface area contributed by atoms with Gasteiger partial charge in [-0.15, -0.1) is 0 Å². The van der Waals surface area contributed by atoms with Crippen molar-refractivity contribution in [2.75, 3.05) is 11.4 Å². The Bertz CT molecular complexity index is 908. The maximum Gasteiger partial charge on any atom is 0.410 e. The number of hydrogen-bond acceptors (Lipinski definition) is 5. The maximum absolute atomic E-state index is 13.2. The van der Waals surface area contributed by atoms with Crippen LogP contribution in [0.1, 0.15) is 40.0 Å². The highest BCUT2D eigenvalue weighted by Gasteiger charge is 2.37. The smallest absolute Gasteiger partial charge is 0.410 e. The van der Waals surface area contributed by atoms with Crippen molar-refractivity contribution in [3.8, 4) is 0 Å². The van der Waals surface area contributed by atoms with E-state index in [1.165, 1.54) is 4.90 Å². The molecule has 7 nitrogen and oxygen atoms in total. The molecule has 3 rings (SSSR count). The number of carbonyl (C=O) groups excluding carboxylic acids is 3. The predicted octanol–water partition coefficient (Wildman–Crippen LogP) is 3.80. The Morgan fingerprint density at radius 1 is 1.23 bits per heavy atom. The van der Waals surface area contributed by atoms with Crippen molar-refractivity contribution < 1.29 is 19.1 Å². The molecular formula is C21H24ClN3O4S. The largest absolute Gasteiger partial charge is 0.444 e. The SMILES string of the molecule is CC(C)(C)OC(=O)N1CCCCC1/C=C1/C(=O)NC(=S)N(c2ccc(Cl)cc2)C1=O. The third-order valence-corrected chi connectivity index (χ3v) is 5.26. The first-order chi connectivity index (χ1) is 14.1. The Kier molecular flexibility index (Phi) is 6.47. The van der Waals surface area contributed by atoms with E-state index in [4.69, 9.17) is 28.6 Å². The molecule has 160 valence electrons. The summed E-state index contributed by atoms with van der Waals surface area (Å²) in [4.78, 5) is 41.2. The van der Waals surface area contributed by atoms with Gasteiger partial charge in [-0.25, -0.2) is 4.79 Å². The molecule has 9 heteroatoms. The van der Waals surface area contributed by atoms with Crippen molar-refractivity contribution in [2.45, 2.75) is 51.7 Å². The standard InChI is InChI=1S/C21H24ClN3O4S/c1-21(2,3)29-20(28)24-11-5-4-6-15(24)12-16-17(26)23-19(30)25(18(16)27)14-9-7-13(22)8-10-14/h7-10,12,15H,4-6,11H2,1-3H3,(H,23,26,30)/b16-12-. The third-order valence-electron chi connectivity index (χ3n) is 4.72. The van der Waals surface area contributed by atoms with Crippen molar-refractivity contribution in [3.05, 3.63) is 40.9 Å². The number of ether oxygens (including phenoxy) is 1. The molecule has 1 unspecified atom stereocenters. The molecule has 1 atom stereocenters. The van der Waals surface area contributed by atoms with E-state index in [0.29, 0.717) is 23.7 Å². The summed E-state index contributed by atoms with van der Waals surface area (Å²) in [6, 6.07) is 6.15. The molecule has 1 aromatic carbocycles. The Hall–Kier alpha value is -2.45. The topological polar surface area (TPSA) is 79.0 Å². The molecule has 0 bridgehead atoms. The molecule has 2 fully saturated rings. The predicted molar refractivity (Wildman–Crippen MR) is 118 cm³/mol. The Balaban J connectivity index is 1.90. The lowest BCUT2D eigenvalue weighted by Gasteiger charge is -2.36. The lowest BCUT2D eigenvalue weighted by Crippen LogP contribution is -2.55. The van der Waals surface area contributed by atoms with E-state index in [0.717, 1.165) is 12.8 Å². The second-order valence-corrected chi connectivity index (χ2v) is 9.02. The summed E-state index contributed by atoms with van der Waals surface area (Å²) in [6.07, 6.45) is 3.43. The summed E-state index contributed by atoms with van der Waals surface area (Å²) in [7, 11) is 0. The zero-order valence-corrected chi connectivity index (χ0v) is 18.7. The fourth-order valence-electron chi connectivity index (χ4n) is 3.37. The van der Waals surface area contributed by atoms with Crippen LogP contribution in [0.5, 0.6) is 0 Å². The van der Waals surface area contributed by atoms with Gasteiger partial charge in [0.15, 0.2) is 5.11 Å². The fourth-order valence-corrected chi connectivity index (χ4v) is 3.78. The number of likely N-dealkylation sites (tertiary alicyclic amines) is 1. The minimum atomic E-state index is -0.637. The highest BCUT2D eigenvalue weighted by Crippen LogP contribution is 2.26. The van der Waals surface area contributed by atoms with Gasteiger partial charge < -0.3 is 9.64 Å². The third kappa shape index (κ3) is 4.99. The van der Waals surface area contributed by atoms with Gasteiger partial charge in [-0.3, -0.25) is 19.8 Å². The van der Waals surface area contributed by atoms with Crippen molar-refractivity contribution >= 4 is 52.5 Å². The van der Waals surface area contributed by atoms with Gasteiger partial charge in [-0.2, -0.15) is 0 Å². The molecule has 0 saturated carbocycles. The van der Waals surface area contributed by atoms with Crippen LogP contribution in [-0.4, -0.2) is 46.1 Å². The molecule has 3 amide bonds. The van der Waals surface area contributed by atoms with Crippen molar-refractivity contribution in [3.63, 3.8) is 0 Å². The fraction of sp³-hybridized carbons (Fsp3) is 0.429. The lowest BCUT2D eigenvalue weighted by molar-refractivity contribution is -0.122. The van der Waals surface area contributed by atoms with Gasteiger partial charge in [0.2, 0.25) is 0 Å². The zero-order valence-electron chi connectivity index (χ0n) is 17.1. The van der Waals surface area contributed by atoms with E-state index in [1.807, 2.05) is 0 Å². The van der Waals surface area contributed by atoms with Gasteiger partial charge in [0, 0.05) is 11.6 Å². The highest BCUT2D eigenvalue weighted by atomic mass is 35.5. The number of hydrogen-bond donors (Lipinski definition) is 1. The van der Waals surface area contributed by atoms with Gasteiger partial charge in [0.05, 0.1) is 11.7 Å². The Labute approximate surface area is 186 Å². The molecule has 0 aromatic heterocycles. The van der Waals surface area contributed by atoms with Crippen LogP contribution in [0.25, 0.3) is 0 Å². The Morgan fingerprint density at radius 3 is 2.53 bits per heavy atom. The van der Waals surface area contributed by atoms with E-state index < -0.39 is 29.6 Å². The molecule has 30 heavy (non-hydrogen) atoms. The van der Waals surface area contributed by atoms with Gasteiger partial charge in [-0.05, 0) is 82.6 Å². The van der Waals surface area contributed by atoms with E-state index in [9.17, 15) is 14.4 Å². The number of amides is 3. The van der Waals surface area contributed by atoms with Crippen LogP contribution in [0.2, 0.25) is 5.02 Å². The first kappa shape index (κ1) is 22.2. The summed E-state index contributed by atoms with van der Waals surface area (Å²) in [5, 5.41) is 3.07. The second kappa shape index (κ2) is 8.73. The van der Waals surface area contributed by atoms with E-state index in [-0.39, 0.29) is 10.7 Å². The first-order valence-electron chi connectivity index (χ1n) is 9.73. The van der Waals surface area contributed by atoms with E-state index >= 15 is 0 Å². The number of benzene rings is 1. The quantitative estimate of drug-likeness (QED) is 0.422. The highest BCUT2D eigenvalue weighted by molar-refractivity contribution is 7.80. The van der Waals surface area contributed by atoms with Crippen LogP contribution in [0.4, 0.5) is 10.5 Å². The molecule has 1 N–H and O–H groups in total. The second-order valence-electron chi connectivity index (χ2n) is 8.19. The molecule has 2 heterocycles. The number of rotatable bonds is 2. The summed E-state index contributed by atoms with van der Waals surface area (Å²) in [5.41, 5.74) is -0.200. The van der Waals surface area contributed by atoms with Gasteiger partial charge in [0.25, 0.3) is 11.8 Å². The number of piperidine rings is 1. The van der Waals surface area contributed by atoms with Crippen molar-refractivity contribution in [2.24, 2.45) is 0 Å². The molecule has 0 radical (unpaired) electrons. The summed E-state index contributed by atoms with van der Waals surface area (Å²) < 4.78 is 5.50. The molecular weight excluding hydrogens is 426 g/mol. The average molecular weight is 450 g/mol. The lowest BCUT2D eigenvalue weighted by atomic mass is 9.98. The number of halogens is 1. The van der Waals surface area contributed by atoms with E-state index in [1.54, 1.807) is 56.0 Å². The van der Waals surface area contributed by atoms with Crippen LogP contribution in [0.3, 0.4) is 0 Å². The zero-order chi connectivity index (χ0) is 22.1. The summed E-state index contributed by atoms with van der Waals surface area (Å²) >= 11 is 11.1. The number of anilines is 1. The van der Waals surface area contributed by atoms with Crippen LogP contribution in [0, 0.1) is 0 Å². The number of nitrogens with zero attached hydrogens (tertiary/aromatic N) is 2. The molecule has 0 spiro atoms. The number of carbonyl (C=O) groups is 3. The van der Waals surface area contributed by atoms with Crippen molar-refractivity contribution in [1.82, 2.24) is 10.2 Å². The summed E-state index contributed by atoms with van der Waals surface area (Å²) in [6.45, 7) is 5.89. The van der Waals surface area contributed by atoms with Gasteiger partial charge in [0.1, 0.15) is 11.2 Å². The van der Waals surface area contributed by atoms with E-state index in [2.05, 4.69) is 5.32 Å². The van der Waals surface area contributed by atoms with Crippen LogP contribution >= 0.6 is 23.8 Å². The molecule has 0 aliphatic carbocycles. The van der Waals surface area contributed by atoms with Crippen molar-refractivity contribution in [1.29, 1.82) is 0 Å². The Morgan fingerprint density at radius 2 is 1.90 bits per heavy atom. The van der Waals surface area contributed by atoms with Gasteiger partial charge in [-0.1, -0.05) is 11.6 Å². The molecule has 2 saturated heterocycles. The molecule has 2 aliphatic rings. The first-order valence-corrected chi connectivity index (χ1v) is 10.5. The normalized spacial score (nSPS) is 21.7. The summed E-state index contributed by atoms with van der Waals surface area (Å²) in [5.74, 6) is -1.12. The monoisotopic (exact) mass is 449 g/mol. The minimum absolute atomic E-state index is 0.00267.